The quantitative estimate of drug-likeness (QED) is 0.675. The van der Waals surface area contributed by atoms with Crippen molar-refractivity contribution in [1.29, 1.82) is 0 Å². The van der Waals surface area contributed by atoms with Crippen LogP contribution in [0.4, 0.5) is 0 Å². The van der Waals surface area contributed by atoms with Crippen LogP contribution in [0, 0.1) is 5.41 Å². The molecule has 0 bridgehead atoms. The van der Waals surface area contributed by atoms with E-state index in [0.717, 1.165) is 18.7 Å². The molecule has 0 heterocycles. The van der Waals surface area contributed by atoms with Gasteiger partial charge in [0.1, 0.15) is 5.75 Å². The van der Waals surface area contributed by atoms with Gasteiger partial charge >= 0.3 is 0 Å². The molecule has 0 saturated carbocycles. The summed E-state index contributed by atoms with van der Waals surface area (Å²) in [6.07, 6.45) is 5.15. The highest BCUT2D eigenvalue weighted by Gasteiger charge is 2.16. The molecular weight excluding hydrogens is 258 g/mol. The molecule has 1 rings (SSSR count). The topological polar surface area (TPSA) is 32.3 Å². The lowest BCUT2D eigenvalue weighted by molar-refractivity contribution is 0.302. The smallest absolute Gasteiger partial charge is 0.134 e. The number of nitrogens with one attached hydrogen (secondary N) is 1. The lowest BCUT2D eigenvalue weighted by Crippen LogP contribution is -2.29. The average Bonchev–Trinajstić information content (AvgIpc) is 2.34. The van der Waals surface area contributed by atoms with Crippen LogP contribution in [0.1, 0.15) is 52.0 Å². The first-order chi connectivity index (χ1) is 8.94. The molecule has 0 aliphatic heterocycles. The predicted octanol–water partition coefficient (Wildman–Crippen LogP) is 4.74. The highest BCUT2D eigenvalue weighted by atomic mass is 35.5. The van der Waals surface area contributed by atoms with Gasteiger partial charge in [-0.05, 0) is 29.5 Å². The predicted molar refractivity (Wildman–Crippen MR) is 82.7 cm³/mol. The minimum Gasteiger partial charge on any atom is -0.506 e. The maximum absolute atomic E-state index is 9.37. The molecule has 108 valence electrons. The van der Waals surface area contributed by atoms with E-state index in [-0.39, 0.29) is 5.75 Å². The van der Waals surface area contributed by atoms with E-state index in [4.69, 9.17) is 11.6 Å². The number of phenols is 1. The lowest BCUT2D eigenvalue weighted by atomic mass is 9.87. The maximum atomic E-state index is 9.37. The Labute approximate surface area is 122 Å². The third-order valence-electron chi connectivity index (χ3n) is 3.40. The Bertz CT molecular complexity index is 390. The van der Waals surface area contributed by atoms with Crippen LogP contribution in [0.2, 0.25) is 5.02 Å². The van der Waals surface area contributed by atoms with Crippen molar-refractivity contribution in [2.24, 2.45) is 5.41 Å². The van der Waals surface area contributed by atoms with Gasteiger partial charge in [-0.3, -0.25) is 0 Å². The molecule has 2 nitrogen and oxygen atoms in total. The average molecular weight is 284 g/mol. The molecular formula is C16H26ClNO. The van der Waals surface area contributed by atoms with Crippen LogP contribution >= 0.6 is 11.6 Å². The fourth-order valence-electron chi connectivity index (χ4n) is 2.15. The van der Waals surface area contributed by atoms with E-state index >= 15 is 0 Å². The number of hydrogen-bond donors (Lipinski definition) is 2. The number of halogens is 1. The first kappa shape index (κ1) is 16.3. The number of rotatable bonds is 8. The summed E-state index contributed by atoms with van der Waals surface area (Å²) in [5, 5.41) is 13.3. The Balaban J connectivity index is 2.34. The van der Waals surface area contributed by atoms with Crippen molar-refractivity contribution in [3.8, 4) is 5.75 Å². The minimum absolute atomic E-state index is 0.144. The van der Waals surface area contributed by atoms with Crippen molar-refractivity contribution in [2.45, 2.75) is 53.0 Å². The zero-order valence-electron chi connectivity index (χ0n) is 12.3. The van der Waals surface area contributed by atoms with E-state index in [0.29, 0.717) is 10.4 Å². The van der Waals surface area contributed by atoms with E-state index in [1.807, 2.05) is 12.1 Å². The Morgan fingerprint density at radius 2 is 2.00 bits per heavy atom. The summed E-state index contributed by atoms with van der Waals surface area (Å²) in [4.78, 5) is 0. The largest absolute Gasteiger partial charge is 0.506 e. The molecule has 0 radical (unpaired) electrons. The third kappa shape index (κ3) is 6.31. The molecule has 0 saturated heterocycles. The number of benzene rings is 1. The molecule has 0 atom stereocenters. The molecule has 1 aromatic rings. The summed E-state index contributed by atoms with van der Waals surface area (Å²) in [5.41, 5.74) is 1.43. The van der Waals surface area contributed by atoms with Crippen molar-refractivity contribution in [1.82, 2.24) is 5.32 Å². The molecule has 2 N–H and O–H groups in total. The van der Waals surface area contributed by atoms with Gasteiger partial charge in [0.2, 0.25) is 0 Å². The van der Waals surface area contributed by atoms with Gasteiger partial charge in [-0.25, -0.2) is 0 Å². The zero-order chi connectivity index (χ0) is 14.3. The van der Waals surface area contributed by atoms with Crippen LogP contribution in [-0.2, 0) is 6.54 Å². The minimum atomic E-state index is 0.144. The second-order valence-corrected chi connectivity index (χ2v) is 6.42. The molecule has 0 aliphatic rings. The van der Waals surface area contributed by atoms with E-state index in [1.165, 1.54) is 25.7 Å². The summed E-state index contributed by atoms with van der Waals surface area (Å²) in [5.74, 6) is 0.144. The lowest BCUT2D eigenvalue weighted by Gasteiger charge is -2.25. The molecule has 0 amide bonds. The van der Waals surface area contributed by atoms with Crippen molar-refractivity contribution in [3.05, 3.63) is 28.8 Å². The Hall–Kier alpha value is -0.730. The van der Waals surface area contributed by atoms with Gasteiger partial charge in [0.05, 0.1) is 5.02 Å². The van der Waals surface area contributed by atoms with Crippen LogP contribution in [0.5, 0.6) is 5.75 Å². The molecule has 3 heteroatoms. The van der Waals surface area contributed by atoms with E-state index in [1.54, 1.807) is 6.07 Å². The van der Waals surface area contributed by atoms with Gasteiger partial charge in [0.15, 0.2) is 0 Å². The summed E-state index contributed by atoms with van der Waals surface area (Å²) in [7, 11) is 0. The second-order valence-electron chi connectivity index (χ2n) is 6.01. The van der Waals surface area contributed by atoms with Crippen LogP contribution in [0.15, 0.2) is 18.2 Å². The van der Waals surface area contributed by atoms with Crippen LogP contribution < -0.4 is 5.32 Å². The number of unbranched alkanes of at least 4 members (excludes halogenated alkanes) is 2. The highest BCUT2D eigenvalue weighted by molar-refractivity contribution is 6.32. The van der Waals surface area contributed by atoms with E-state index in [2.05, 4.69) is 26.1 Å². The molecule has 0 fully saturated rings. The number of hydrogen-bond acceptors (Lipinski definition) is 2. The first-order valence-corrected chi connectivity index (χ1v) is 7.50. The summed E-state index contributed by atoms with van der Waals surface area (Å²) in [6.45, 7) is 8.63. The number of aromatic hydroxyl groups is 1. The van der Waals surface area contributed by atoms with Crippen LogP contribution in [-0.4, -0.2) is 11.7 Å². The van der Waals surface area contributed by atoms with Gasteiger partial charge in [-0.1, -0.05) is 57.7 Å². The molecule has 0 aromatic heterocycles. The summed E-state index contributed by atoms with van der Waals surface area (Å²) < 4.78 is 0. The van der Waals surface area contributed by atoms with Gasteiger partial charge in [-0.15, -0.1) is 0 Å². The second kappa shape index (κ2) is 7.76. The molecule has 19 heavy (non-hydrogen) atoms. The fraction of sp³-hybridized carbons (Fsp3) is 0.625. The summed E-state index contributed by atoms with van der Waals surface area (Å²) >= 11 is 5.89. The normalized spacial score (nSPS) is 11.8. The van der Waals surface area contributed by atoms with Crippen LogP contribution in [0.3, 0.4) is 0 Å². The Kier molecular flexibility index (Phi) is 6.67. The first-order valence-electron chi connectivity index (χ1n) is 7.13. The fourth-order valence-corrected chi connectivity index (χ4v) is 2.35. The number of phenolic OH excluding ortho intramolecular Hbond substituents is 1. The van der Waals surface area contributed by atoms with Gasteiger partial charge in [-0.2, -0.15) is 0 Å². The maximum Gasteiger partial charge on any atom is 0.134 e. The van der Waals surface area contributed by atoms with Crippen molar-refractivity contribution < 1.29 is 5.11 Å². The Morgan fingerprint density at radius 3 is 2.63 bits per heavy atom. The van der Waals surface area contributed by atoms with Gasteiger partial charge in [0, 0.05) is 13.1 Å². The third-order valence-corrected chi connectivity index (χ3v) is 3.70. The molecule has 0 unspecified atom stereocenters. The van der Waals surface area contributed by atoms with Gasteiger partial charge < -0.3 is 10.4 Å². The van der Waals surface area contributed by atoms with Gasteiger partial charge in [0.25, 0.3) is 0 Å². The van der Waals surface area contributed by atoms with Crippen molar-refractivity contribution >= 4 is 11.6 Å². The van der Waals surface area contributed by atoms with E-state index in [9.17, 15) is 5.11 Å². The standard InChI is InChI=1S/C16H26ClNO/c1-4-5-6-9-16(2,3)12-18-11-13-7-8-15(19)14(17)10-13/h7-8,10,18-19H,4-6,9,11-12H2,1-3H3. The SMILES string of the molecule is CCCCCC(C)(C)CNCc1ccc(O)c(Cl)c1. The Morgan fingerprint density at radius 1 is 1.26 bits per heavy atom. The van der Waals surface area contributed by atoms with Crippen molar-refractivity contribution in [2.75, 3.05) is 6.54 Å². The zero-order valence-corrected chi connectivity index (χ0v) is 13.1. The van der Waals surface area contributed by atoms with Crippen LogP contribution in [0.25, 0.3) is 0 Å². The molecule has 1 aromatic carbocycles. The summed E-state index contributed by atoms with van der Waals surface area (Å²) in [6, 6.07) is 5.36. The molecule has 0 aliphatic carbocycles. The van der Waals surface area contributed by atoms with Crippen molar-refractivity contribution in [3.63, 3.8) is 0 Å². The monoisotopic (exact) mass is 283 g/mol. The highest BCUT2D eigenvalue weighted by Crippen LogP contribution is 2.25. The van der Waals surface area contributed by atoms with E-state index < -0.39 is 0 Å². The molecule has 0 spiro atoms.